The molecule has 5 N–H and O–H groups in total. The lowest BCUT2D eigenvalue weighted by Crippen LogP contribution is -2.32. The van der Waals surface area contributed by atoms with E-state index in [0.29, 0.717) is 16.9 Å². The van der Waals surface area contributed by atoms with Gasteiger partial charge in [-0.2, -0.15) is 0 Å². The number of rotatable bonds is 6. The van der Waals surface area contributed by atoms with Gasteiger partial charge in [-0.05, 0) is 24.6 Å². The summed E-state index contributed by atoms with van der Waals surface area (Å²) in [6.07, 6.45) is -0.691. The maximum atomic E-state index is 11.5. The van der Waals surface area contributed by atoms with Gasteiger partial charge in [-0.25, -0.2) is 13.6 Å². The predicted octanol–water partition coefficient (Wildman–Crippen LogP) is -0.332. The quantitative estimate of drug-likeness (QED) is 0.619. The van der Waals surface area contributed by atoms with Gasteiger partial charge in [-0.15, -0.1) is 0 Å². The summed E-state index contributed by atoms with van der Waals surface area (Å²) in [7, 11) is -0.621. The number of methoxy groups -OCH3 is 1. The number of benzene rings is 1. The molecule has 0 aromatic heterocycles. The molecule has 1 atom stereocenters. The average molecular weight is 303 g/mol. The summed E-state index contributed by atoms with van der Waals surface area (Å²) in [4.78, 5) is 1.70. The highest BCUT2D eigenvalue weighted by Crippen LogP contribution is 2.28. The highest BCUT2D eigenvalue weighted by Gasteiger charge is 2.18. The minimum absolute atomic E-state index is 0.0134. The van der Waals surface area contributed by atoms with Crippen LogP contribution in [0.15, 0.2) is 17.0 Å². The van der Waals surface area contributed by atoms with E-state index in [-0.39, 0.29) is 18.0 Å². The molecule has 1 rings (SSSR count). The Kier molecular flexibility index (Phi) is 5.35. The fourth-order valence-electron chi connectivity index (χ4n) is 2.05. The molecule has 0 fully saturated rings. The summed E-state index contributed by atoms with van der Waals surface area (Å²) in [5.41, 5.74) is 7.11. The fraction of sp³-hybridized carbons (Fsp3) is 0.500. The molecule has 1 aromatic rings. The first-order chi connectivity index (χ1) is 9.16. The number of sulfonamides is 1. The second-order valence-corrected chi connectivity index (χ2v) is 6.23. The van der Waals surface area contributed by atoms with Crippen LogP contribution < -0.4 is 15.8 Å². The van der Waals surface area contributed by atoms with Gasteiger partial charge in [-0.1, -0.05) is 0 Å². The first kappa shape index (κ1) is 16.7. The molecular formula is C12H21N3O4S. The van der Waals surface area contributed by atoms with E-state index >= 15 is 0 Å². The SMILES string of the molecule is COCC(O)CN(C)c1cc(N)cc(S(N)(=O)=O)c1C. The van der Waals surface area contributed by atoms with Crippen LogP contribution >= 0.6 is 0 Å². The van der Waals surface area contributed by atoms with E-state index in [1.54, 1.807) is 24.9 Å². The fourth-order valence-corrected chi connectivity index (χ4v) is 2.88. The van der Waals surface area contributed by atoms with Crippen molar-refractivity contribution < 1.29 is 18.3 Å². The zero-order valence-corrected chi connectivity index (χ0v) is 12.6. The number of nitrogen functional groups attached to an aromatic ring is 1. The molecule has 0 radical (unpaired) electrons. The van der Waals surface area contributed by atoms with E-state index < -0.39 is 16.1 Å². The smallest absolute Gasteiger partial charge is 0.238 e. The number of primary sulfonamides is 1. The average Bonchev–Trinajstić information content (AvgIpc) is 2.30. The van der Waals surface area contributed by atoms with Crippen molar-refractivity contribution in [1.82, 2.24) is 0 Å². The van der Waals surface area contributed by atoms with Gasteiger partial charge in [0.2, 0.25) is 10.0 Å². The third-order valence-electron chi connectivity index (χ3n) is 2.92. The van der Waals surface area contributed by atoms with Crippen molar-refractivity contribution in [3.05, 3.63) is 17.7 Å². The van der Waals surface area contributed by atoms with Gasteiger partial charge in [0.15, 0.2) is 0 Å². The van der Waals surface area contributed by atoms with Crippen molar-refractivity contribution in [2.75, 3.05) is 37.9 Å². The van der Waals surface area contributed by atoms with E-state index in [4.69, 9.17) is 15.6 Å². The summed E-state index contributed by atoms with van der Waals surface area (Å²) in [6, 6.07) is 2.97. The van der Waals surface area contributed by atoms with Crippen LogP contribution in [0.3, 0.4) is 0 Å². The second kappa shape index (κ2) is 6.40. The van der Waals surface area contributed by atoms with Crippen LogP contribution in [0.25, 0.3) is 0 Å². The largest absolute Gasteiger partial charge is 0.399 e. The number of ether oxygens (including phenoxy) is 1. The minimum atomic E-state index is -3.84. The van der Waals surface area contributed by atoms with Crippen molar-refractivity contribution in [3.8, 4) is 0 Å². The van der Waals surface area contributed by atoms with Crippen LogP contribution in [0.1, 0.15) is 5.56 Å². The number of aliphatic hydroxyl groups excluding tert-OH is 1. The Morgan fingerprint density at radius 1 is 1.45 bits per heavy atom. The number of nitrogens with zero attached hydrogens (tertiary/aromatic N) is 1. The Labute approximate surface area is 119 Å². The third kappa shape index (κ3) is 4.07. The molecule has 1 unspecified atom stereocenters. The number of hydrogen-bond acceptors (Lipinski definition) is 6. The maximum absolute atomic E-state index is 11.5. The van der Waals surface area contributed by atoms with Crippen LogP contribution in [-0.4, -0.2) is 46.9 Å². The first-order valence-corrected chi connectivity index (χ1v) is 7.52. The molecule has 0 aliphatic rings. The Balaban J connectivity index is 3.16. The van der Waals surface area contributed by atoms with Gasteiger partial charge in [0, 0.05) is 32.1 Å². The molecule has 0 amide bonds. The number of nitrogens with two attached hydrogens (primary N) is 2. The number of likely N-dealkylation sites (N-methyl/N-ethyl adjacent to an activating group) is 1. The molecule has 0 spiro atoms. The van der Waals surface area contributed by atoms with Gasteiger partial charge in [0.05, 0.1) is 17.6 Å². The van der Waals surface area contributed by atoms with Gasteiger partial charge >= 0.3 is 0 Å². The Hall–Kier alpha value is -1.35. The van der Waals surface area contributed by atoms with Gasteiger partial charge in [0.25, 0.3) is 0 Å². The highest BCUT2D eigenvalue weighted by atomic mass is 32.2. The third-order valence-corrected chi connectivity index (χ3v) is 3.95. The molecule has 0 bridgehead atoms. The molecule has 20 heavy (non-hydrogen) atoms. The van der Waals surface area contributed by atoms with E-state index in [1.807, 2.05) is 0 Å². The molecule has 1 aromatic carbocycles. The molecule has 0 saturated carbocycles. The molecule has 0 heterocycles. The summed E-state index contributed by atoms with van der Waals surface area (Å²) in [5, 5.41) is 14.9. The van der Waals surface area contributed by atoms with Crippen LogP contribution in [-0.2, 0) is 14.8 Å². The highest BCUT2D eigenvalue weighted by molar-refractivity contribution is 7.89. The van der Waals surface area contributed by atoms with Crippen molar-refractivity contribution >= 4 is 21.4 Å². The van der Waals surface area contributed by atoms with Gasteiger partial charge in [-0.3, -0.25) is 0 Å². The zero-order valence-electron chi connectivity index (χ0n) is 11.8. The lowest BCUT2D eigenvalue weighted by molar-refractivity contribution is 0.0695. The number of anilines is 2. The molecule has 114 valence electrons. The molecule has 0 saturated heterocycles. The van der Waals surface area contributed by atoms with Crippen LogP contribution in [0, 0.1) is 6.92 Å². The molecule has 0 aliphatic carbocycles. The maximum Gasteiger partial charge on any atom is 0.238 e. The molecule has 8 heteroatoms. The zero-order chi connectivity index (χ0) is 15.5. The number of hydrogen-bond donors (Lipinski definition) is 3. The Morgan fingerprint density at radius 2 is 2.05 bits per heavy atom. The monoisotopic (exact) mass is 303 g/mol. The molecular weight excluding hydrogens is 282 g/mol. The molecule has 7 nitrogen and oxygen atoms in total. The number of aliphatic hydroxyl groups is 1. The second-order valence-electron chi connectivity index (χ2n) is 4.70. The normalized spacial score (nSPS) is 13.2. The molecule has 0 aliphatic heterocycles. The Morgan fingerprint density at radius 3 is 2.55 bits per heavy atom. The predicted molar refractivity (Wildman–Crippen MR) is 78.1 cm³/mol. The van der Waals surface area contributed by atoms with Crippen molar-refractivity contribution in [2.24, 2.45) is 5.14 Å². The first-order valence-electron chi connectivity index (χ1n) is 5.98. The van der Waals surface area contributed by atoms with E-state index in [2.05, 4.69) is 0 Å². The lowest BCUT2D eigenvalue weighted by atomic mass is 10.1. The van der Waals surface area contributed by atoms with Crippen molar-refractivity contribution in [1.29, 1.82) is 0 Å². The van der Waals surface area contributed by atoms with Crippen LogP contribution in [0.4, 0.5) is 11.4 Å². The van der Waals surface area contributed by atoms with Crippen molar-refractivity contribution in [3.63, 3.8) is 0 Å². The van der Waals surface area contributed by atoms with Crippen LogP contribution in [0.2, 0.25) is 0 Å². The van der Waals surface area contributed by atoms with Crippen molar-refractivity contribution in [2.45, 2.75) is 17.9 Å². The van der Waals surface area contributed by atoms with E-state index in [1.165, 1.54) is 13.2 Å². The summed E-state index contributed by atoms with van der Waals surface area (Å²) < 4.78 is 27.9. The van der Waals surface area contributed by atoms with E-state index in [9.17, 15) is 13.5 Å². The van der Waals surface area contributed by atoms with E-state index in [0.717, 1.165) is 0 Å². The minimum Gasteiger partial charge on any atom is -0.399 e. The Bertz CT molecular complexity index is 574. The topological polar surface area (TPSA) is 119 Å². The lowest BCUT2D eigenvalue weighted by Gasteiger charge is -2.25. The summed E-state index contributed by atoms with van der Waals surface area (Å²) in [6.45, 7) is 2.11. The summed E-state index contributed by atoms with van der Waals surface area (Å²) >= 11 is 0. The summed E-state index contributed by atoms with van der Waals surface area (Å²) in [5.74, 6) is 0. The standard InChI is InChI=1S/C12H21N3O4S/c1-8-11(15(2)6-10(16)7-19-3)4-9(13)5-12(8)20(14,17)18/h4-5,10,16H,6-7,13H2,1-3H3,(H2,14,17,18). The van der Waals surface area contributed by atoms with Gasteiger partial charge in [0.1, 0.15) is 0 Å². The van der Waals surface area contributed by atoms with Gasteiger partial charge < -0.3 is 20.5 Å². The van der Waals surface area contributed by atoms with Crippen LogP contribution in [0.5, 0.6) is 0 Å².